The summed E-state index contributed by atoms with van der Waals surface area (Å²) in [5, 5.41) is 5.96. The van der Waals surface area contributed by atoms with E-state index in [1.54, 1.807) is 24.4 Å². The van der Waals surface area contributed by atoms with Crippen molar-refractivity contribution in [3.63, 3.8) is 0 Å². The number of ether oxygens (including phenoxy) is 1. The predicted molar refractivity (Wildman–Crippen MR) is 82.9 cm³/mol. The third-order valence-electron chi connectivity index (χ3n) is 2.72. The number of carbonyl (C=O) groups is 1. The van der Waals surface area contributed by atoms with Crippen molar-refractivity contribution in [1.29, 1.82) is 0 Å². The lowest BCUT2D eigenvalue weighted by atomic mass is 10.1. The van der Waals surface area contributed by atoms with Crippen molar-refractivity contribution in [2.45, 2.75) is 6.92 Å². The van der Waals surface area contributed by atoms with Crippen molar-refractivity contribution in [1.82, 2.24) is 0 Å². The number of carbonyl (C=O) groups excluding carboxylic acids is 1. The Balaban J connectivity index is 2.19. The van der Waals surface area contributed by atoms with Crippen LogP contribution in [0, 0.1) is 5.82 Å². The topological polar surface area (TPSA) is 50.7 Å². The van der Waals surface area contributed by atoms with Gasteiger partial charge in [0.1, 0.15) is 10.7 Å². The van der Waals surface area contributed by atoms with Crippen LogP contribution in [-0.2, 0) is 4.74 Å². The van der Waals surface area contributed by atoms with Gasteiger partial charge in [-0.15, -0.1) is 11.3 Å². The van der Waals surface area contributed by atoms with Crippen LogP contribution in [0.2, 0.25) is 5.02 Å². The summed E-state index contributed by atoms with van der Waals surface area (Å²) in [6.45, 7) is 1.75. The van der Waals surface area contributed by atoms with E-state index in [1.165, 1.54) is 30.6 Å². The Morgan fingerprint density at radius 3 is 2.86 bits per heavy atom. The summed E-state index contributed by atoms with van der Waals surface area (Å²) >= 11 is 6.99. The Labute approximate surface area is 130 Å². The summed E-state index contributed by atoms with van der Waals surface area (Å²) in [5.74, 6) is -0.905. The average Bonchev–Trinajstić information content (AvgIpc) is 2.95. The molecule has 0 radical (unpaired) electrons. The zero-order valence-corrected chi connectivity index (χ0v) is 12.9. The Kier molecular flexibility index (Phi) is 4.93. The molecule has 21 heavy (non-hydrogen) atoms. The monoisotopic (exact) mass is 326 g/mol. The number of benzene rings is 1. The number of methoxy groups -OCH3 is 1. The minimum atomic E-state index is -0.480. The van der Waals surface area contributed by atoms with E-state index in [0.717, 1.165) is 0 Å². The fourth-order valence-electron chi connectivity index (χ4n) is 1.58. The van der Waals surface area contributed by atoms with Crippen LogP contribution in [0.3, 0.4) is 0 Å². The van der Waals surface area contributed by atoms with E-state index in [9.17, 15) is 9.18 Å². The number of hydrogen-bond acceptors (Lipinski definition) is 5. The van der Waals surface area contributed by atoms with Crippen LogP contribution < -0.4 is 5.43 Å². The predicted octanol–water partition coefficient (Wildman–Crippen LogP) is 4.16. The van der Waals surface area contributed by atoms with Gasteiger partial charge in [-0.2, -0.15) is 5.10 Å². The van der Waals surface area contributed by atoms with Gasteiger partial charge in [0.2, 0.25) is 0 Å². The molecule has 0 amide bonds. The minimum absolute atomic E-state index is 0.0350. The molecule has 7 heteroatoms. The number of nitrogens with zero attached hydrogens (tertiary/aromatic N) is 1. The zero-order chi connectivity index (χ0) is 15.4. The maximum atomic E-state index is 13.1. The summed E-state index contributed by atoms with van der Waals surface area (Å²) in [6.07, 6.45) is 0. The van der Waals surface area contributed by atoms with Gasteiger partial charge in [-0.05, 0) is 36.1 Å². The number of hydrogen-bond donors (Lipinski definition) is 1. The van der Waals surface area contributed by atoms with Crippen LogP contribution in [0.4, 0.5) is 10.1 Å². The zero-order valence-electron chi connectivity index (χ0n) is 11.3. The fraction of sp³-hybridized carbons (Fsp3) is 0.143. The quantitative estimate of drug-likeness (QED) is 0.521. The second-order valence-corrected chi connectivity index (χ2v) is 5.42. The van der Waals surface area contributed by atoms with Crippen LogP contribution in [0.15, 0.2) is 34.7 Å². The number of nitrogens with one attached hydrogen (secondary N) is 1. The molecule has 2 aromatic rings. The molecule has 0 aliphatic carbocycles. The number of anilines is 1. The molecule has 0 bridgehead atoms. The highest BCUT2D eigenvalue weighted by Crippen LogP contribution is 2.23. The van der Waals surface area contributed by atoms with Crippen molar-refractivity contribution in [2.24, 2.45) is 5.10 Å². The third-order valence-corrected chi connectivity index (χ3v) is 3.90. The van der Waals surface area contributed by atoms with Crippen molar-refractivity contribution < 1.29 is 13.9 Å². The van der Waals surface area contributed by atoms with Crippen molar-refractivity contribution >= 4 is 40.3 Å². The molecule has 1 aromatic carbocycles. The molecule has 1 heterocycles. The Morgan fingerprint density at radius 2 is 2.19 bits per heavy atom. The second-order valence-electron chi connectivity index (χ2n) is 4.09. The van der Waals surface area contributed by atoms with E-state index in [0.29, 0.717) is 21.8 Å². The number of rotatable bonds is 4. The van der Waals surface area contributed by atoms with Crippen LogP contribution in [0.5, 0.6) is 0 Å². The van der Waals surface area contributed by atoms with Crippen molar-refractivity contribution in [3.8, 4) is 0 Å². The second kappa shape index (κ2) is 6.69. The van der Waals surface area contributed by atoms with Crippen molar-refractivity contribution in [3.05, 3.63) is 50.9 Å². The van der Waals surface area contributed by atoms with Gasteiger partial charge in [-0.3, -0.25) is 5.43 Å². The number of hydrazone groups is 1. The minimum Gasteiger partial charge on any atom is -0.465 e. The van der Waals surface area contributed by atoms with E-state index in [2.05, 4.69) is 15.3 Å². The molecule has 0 saturated carbocycles. The maximum Gasteiger partial charge on any atom is 0.350 e. The van der Waals surface area contributed by atoms with Crippen LogP contribution in [0.25, 0.3) is 0 Å². The SMILES string of the molecule is COC(=O)c1sccc1N/N=C(\C)c1ccc(F)c(Cl)c1. The Bertz CT molecular complexity index is 700. The van der Waals surface area contributed by atoms with Gasteiger partial charge in [0.15, 0.2) is 0 Å². The Morgan fingerprint density at radius 1 is 1.43 bits per heavy atom. The highest BCUT2D eigenvalue weighted by molar-refractivity contribution is 7.12. The summed E-state index contributed by atoms with van der Waals surface area (Å²) in [6, 6.07) is 6.08. The molecule has 0 saturated heterocycles. The third kappa shape index (κ3) is 3.59. The number of halogens is 2. The highest BCUT2D eigenvalue weighted by atomic mass is 35.5. The molecule has 4 nitrogen and oxygen atoms in total. The lowest BCUT2D eigenvalue weighted by Crippen LogP contribution is -2.04. The molecule has 0 spiro atoms. The lowest BCUT2D eigenvalue weighted by molar-refractivity contribution is 0.0607. The first-order valence-electron chi connectivity index (χ1n) is 5.94. The van der Waals surface area contributed by atoms with Gasteiger partial charge in [0.05, 0.1) is 23.5 Å². The first-order chi connectivity index (χ1) is 10.0. The first-order valence-corrected chi connectivity index (χ1v) is 7.20. The van der Waals surface area contributed by atoms with E-state index in [4.69, 9.17) is 11.6 Å². The normalized spacial score (nSPS) is 11.3. The molecule has 110 valence electrons. The van der Waals surface area contributed by atoms with E-state index in [1.807, 2.05) is 0 Å². The smallest absolute Gasteiger partial charge is 0.350 e. The van der Waals surface area contributed by atoms with E-state index >= 15 is 0 Å². The van der Waals surface area contributed by atoms with Crippen LogP contribution in [-0.4, -0.2) is 18.8 Å². The molecule has 0 unspecified atom stereocenters. The standard InChI is InChI=1S/C14H12ClFN2O2S/c1-8(9-3-4-11(16)10(15)7-9)17-18-12-5-6-21-13(12)14(19)20-2/h3-7,18H,1-2H3/b17-8+. The molecule has 1 N–H and O–H groups in total. The van der Waals surface area contributed by atoms with Gasteiger partial charge in [0, 0.05) is 0 Å². The fourth-order valence-corrected chi connectivity index (χ4v) is 2.52. The van der Waals surface area contributed by atoms with Gasteiger partial charge in [0.25, 0.3) is 0 Å². The molecular weight excluding hydrogens is 315 g/mol. The maximum absolute atomic E-state index is 13.1. The first kappa shape index (κ1) is 15.5. The molecule has 0 atom stereocenters. The highest BCUT2D eigenvalue weighted by Gasteiger charge is 2.13. The summed E-state index contributed by atoms with van der Waals surface area (Å²) in [4.78, 5) is 12.0. The van der Waals surface area contributed by atoms with Gasteiger partial charge < -0.3 is 4.74 Å². The summed E-state index contributed by atoms with van der Waals surface area (Å²) in [7, 11) is 1.32. The van der Waals surface area contributed by atoms with Crippen molar-refractivity contribution in [2.75, 3.05) is 12.5 Å². The van der Waals surface area contributed by atoms with Gasteiger partial charge in [-0.1, -0.05) is 17.7 Å². The van der Waals surface area contributed by atoms with Gasteiger partial charge in [-0.25, -0.2) is 9.18 Å². The molecule has 0 aliphatic rings. The molecule has 2 rings (SSSR count). The van der Waals surface area contributed by atoms with Crippen LogP contribution in [0.1, 0.15) is 22.2 Å². The average molecular weight is 327 g/mol. The van der Waals surface area contributed by atoms with E-state index in [-0.39, 0.29) is 5.02 Å². The van der Waals surface area contributed by atoms with Gasteiger partial charge >= 0.3 is 5.97 Å². The Hall–Kier alpha value is -1.92. The molecule has 0 aliphatic heterocycles. The molecule has 1 aromatic heterocycles. The molecular formula is C14H12ClFN2O2S. The summed E-state index contributed by atoms with van der Waals surface area (Å²) in [5.41, 5.74) is 4.65. The number of esters is 1. The lowest BCUT2D eigenvalue weighted by Gasteiger charge is -2.05. The summed E-state index contributed by atoms with van der Waals surface area (Å²) < 4.78 is 17.8. The largest absolute Gasteiger partial charge is 0.465 e. The van der Waals surface area contributed by atoms with E-state index < -0.39 is 11.8 Å². The van der Waals surface area contributed by atoms with Crippen LogP contribution >= 0.6 is 22.9 Å². The number of thiophene rings is 1. The molecule has 0 fully saturated rings.